The molecule has 1 heterocycles. The molecule has 0 aliphatic heterocycles. The van der Waals surface area contributed by atoms with Crippen molar-refractivity contribution in [3.8, 4) is 5.75 Å². The van der Waals surface area contributed by atoms with Gasteiger partial charge in [0.1, 0.15) is 5.75 Å². The Labute approximate surface area is 125 Å². The van der Waals surface area contributed by atoms with E-state index < -0.39 is 12.8 Å². The first-order valence-corrected chi connectivity index (χ1v) is 7.28. The lowest BCUT2D eigenvalue weighted by atomic mass is 10.2. The summed E-state index contributed by atoms with van der Waals surface area (Å²) < 4.78 is 40.7. The Bertz CT molecular complexity index is 563. The van der Waals surface area contributed by atoms with E-state index in [1.54, 1.807) is 35.6 Å². The number of nitrogens with one attached hydrogen (secondary N) is 1. The fourth-order valence-corrected chi connectivity index (χ4v) is 2.64. The molecule has 1 N–H and O–H groups in total. The van der Waals surface area contributed by atoms with Gasteiger partial charge in [-0.3, -0.25) is 0 Å². The first-order chi connectivity index (χ1) is 9.92. The van der Waals surface area contributed by atoms with Crippen LogP contribution in [0.1, 0.15) is 15.3 Å². The Morgan fingerprint density at radius 1 is 1.05 bits per heavy atom. The highest BCUT2D eigenvalue weighted by atomic mass is 32.1. The predicted molar refractivity (Wildman–Crippen MR) is 77.6 cm³/mol. The summed E-state index contributed by atoms with van der Waals surface area (Å²) in [6, 6.07) is 10.8. The van der Waals surface area contributed by atoms with Gasteiger partial charge in [0.2, 0.25) is 0 Å². The minimum Gasteiger partial charge on any atom is -0.484 e. The third kappa shape index (κ3) is 5.77. The second kappa shape index (κ2) is 6.95. The van der Waals surface area contributed by atoms with E-state index in [1.165, 1.54) is 9.75 Å². The van der Waals surface area contributed by atoms with Crippen LogP contribution in [0.5, 0.6) is 5.75 Å². The summed E-state index contributed by atoms with van der Waals surface area (Å²) >= 11 is 1.75. The molecule has 0 aliphatic carbocycles. The minimum atomic E-state index is -4.31. The fourth-order valence-electron chi connectivity index (χ4n) is 1.78. The Hall–Kier alpha value is -1.53. The van der Waals surface area contributed by atoms with Crippen molar-refractivity contribution in [1.82, 2.24) is 5.32 Å². The molecule has 0 bridgehead atoms. The third-order valence-electron chi connectivity index (χ3n) is 2.75. The van der Waals surface area contributed by atoms with Crippen LogP contribution in [0.3, 0.4) is 0 Å². The number of halogens is 3. The molecule has 0 unspecified atom stereocenters. The summed E-state index contributed by atoms with van der Waals surface area (Å²) in [6.45, 7) is 2.25. The molecular weight excluding hydrogens is 299 g/mol. The Morgan fingerprint density at radius 2 is 1.76 bits per heavy atom. The van der Waals surface area contributed by atoms with Gasteiger partial charge in [-0.2, -0.15) is 13.2 Å². The summed E-state index contributed by atoms with van der Waals surface area (Å²) in [5.74, 6) is 0.227. The lowest BCUT2D eigenvalue weighted by Crippen LogP contribution is -2.19. The van der Waals surface area contributed by atoms with Gasteiger partial charge in [-0.05, 0) is 36.8 Å². The number of benzene rings is 1. The molecule has 0 saturated heterocycles. The van der Waals surface area contributed by atoms with Crippen LogP contribution in [0, 0.1) is 6.92 Å². The quantitative estimate of drug-likeness (QED) is 0.859. The predicted octanol–water partition coefficient (Wildman–Crippen LogP) is 4.29. The van der Waals surface area contributed by atoms with Crippen LogP contribution < -0.4 is 10.1 Å². The zero-order valence-electron chi connectivity index (χ0n) is 11.5. The van der Waals surface area contributed by atoms with Gasteiger partial charge in [0.25, 0.3) is 0 Å². The monoisotopic (exact) mass is 315 g/mol. The molecule has 0 amide bonds. The average Bonchev–Trinajstić information content (AvgIpc) is 2.83. The van der Waals surface area contributed by atoms with Crippen molar-refractivity contribution in [2.45, 2.75) is 26.2 Å². The topological polar surface area (TPSA) is 21.3 Å². The van der Waals surface area contributed by atoms with Crippen LogP contribution >= 0.6 is 11.3 Å². The summed E-state index contributed by atoms with van der Waals surface area (Å²) in [6.07, 6.45) is -4.31. The van der Waals surface area contributed by atoms with Gasteiger partial charge in [0.15, 0.2) is 6.61 Å². The maximum Gasteiger partial charge on any atom is 0.422 e. The van der Waals surface area contributed by atoms with Gasteiger partial charge < -0.3 is 10.1 Å². The highest BCUT2D eigenvalue weighted by molar-refractivity contribution is 7.11. The van der Waals surface area contributed by atoms with Gasteiger partial charge in [-0.1, -0.05) is 12.1 Å². The number of alkyl halides is 3. The Morgan fingerprint density at radius 3 is 2.33 bits per heavy atom. The molecule has 2 aromatic rings. The molecule has 2 nitrogen and oxygen atoms in total. The van der Waals surface area contributed by atoms with Gasteiger partial charge in [-0.15, -0.1) is 11.3 Å². The van der Waals surface area contributed by atoms with Gasteiger partial charge in [0, 0.05) is 22.8 Å². The molecule has 114 valence electrons. The van der Waals surface area contributed by atoms with Crippen LogP contribution in [0.15, 0.2) is 36.4 Å². The smallest absolute Gasteiger partial charge is 0.422 e. The van der Waals surface area contributed by atoms with E-state index in [0.717, 1.165) is 12.1 Å². The van der Waals surface area contributed by atoms with E-state index in [1.807, 2.05) is 0 Å². The summed E-state index contributed by atoms with van der Waals surface area (Å²) in [5.41, 5.74) is 1.00. The Kier molecular flexibility index (Phi) is 5.25. The van der Waals surface area contributed by atoms with Crippen molar-refractivity contribution in [2.75, 3.05) is 6.61 Å². The summed E-state index contributed by atoms with van der Waals surface area (Å²) in [5, 5.41) is 3.30. The molecule has 0 spiro atoms. The van der Waals surface area contributed by atoms with Crippen molar-refractivity contribution in [2.24, 2.45) is 0 Å². The largest absolute Gasteiger partial charge is 0.484 e. The highest BCUT2D eigenvalue weighted by Gasteiger charge is 2.28. The van der Waals surface area contributed by atoms with Crippen molar-refractivity contribution >= 4 is 11.3 Å². The van der Waals surface area contributed by atoms with Crippen LogP contribution in [0.4, 0.5) is 13.2 Å². The summed E-state index contributed by atoms with van der Waals surface area (Å²) in [7, 11) is 0. The molecule has 0 saturated carbocycles. The van der Waals surface area contributed by atoms with Crippen LogP contribution in [0.25, 0.3) is 0 Å². The number of rotatable bonds is 6. The van der Waals surface area contributed by atoms with E-state index in [2.05, 4.69) is 29.1 Å². The molecule has 0 radical (unpaired) electrons. The van der Waals surface area contributed by atoms with E-state index in [9.17, 15) is 13.2 Å². The number of aryl methyl sites for hydroxylation is 1. The standard InChI is InChI=1S/C15H16F3NOS/c1-11-2-7-14(21-11)9-19-8-12-3-5-13(6-4-12)20-10-15(16,17)18/h2-7,19H,8-10H2,1H3. The number of thiophene rings is 1. The number of hydrogen-bond donors (Lipinski definition) is 1. The maximum absolute atomic E-state index is 12.0. The van der Waals surface area contributed by atoms with Gasteiger partial charge in [0.05, 0.1) is 0 Å². The van der Waals surface area contributed by atoms with Crippen molar-refractivity contribution in [3.63, 3.8) is 0 Å². The molecule has 0 fully saturated rings. The van der Waals surface area contributed by atoms with Crippen LogP contribution in [-0.4, -0.2) is 12.8 Å². The number of ether oxygens (including phenoxy) is 1. The van der Waals surface area contributed by atoms with E-state index in [0.29, 0.717) is 6.54 Å². The van der Waals surface area contributed by atoms with Gasteiger partial charge >= 0.3 is 6.18 Å². The molecule has 0 atom stereocenters. The van der Waals surface area contributed by atoms with Crippen molar-refractivity contribution < 1.29 is 17.9 Å². The van der Waals surface area contributed by atoms with Crippen LogP contribution in [0.2, 0.25) is 0 Å². The van der Waals surface area contributed by atoms with Gasteiger partial charge in [-0.25, -0.2) is 0 Å². The molecule has 1 aromatic carbocycles. The zero-order valence-corrected chi connectivity index (χ0v) is 12.4. The first kappa shape index (κ1) is 15.9. The second-order valence-electron chi connectivity index (χ2n) is 4.66. The van der Waals surface area contributed by atoms with Crippen molar-refractivity contribution in [1.29, 1.82) is 0 Å². The second-order valence-corrected chi connectivity index (χ2v) is 6.04. The molecule has 21 heavy (non-hydrogen) atoms. The normalized spacial score (nSPS) is 11.6. The molecule has 6 heteroatoms. The summed E-state index contributed by atoms with van der Waals surface area (Å²) in [4.78, 5) is 2.54. The molecule has 1 aromatic heterocycles. The lowest BCUT2D eigenvalue weighted by molar-refractivity contribution is -0.153. The zero-order chi connectivity index (χ0) is 15.3. The van der Waals surface area contributed by atoms with E-state index >= 15 is 0 Å². The van der Waals surface area contributed by atoms with E-state index in [4.69, 9.17) is 0 Å². The van der Waals surface area contributed by atoms with Crippen molar-refractivity contribution in [3.05, 3.63) is 51.7 Å². The lowest BCUT2D eigenvalue weighted by Gasteiger charge is -2.09. The molecule has 2 rings (SSSR count). The molecule has 0 aliphatic rings. The minimum absolute atomic E-state index is 0.227. The maximum atomic E-state index is 12.0. The number of hydrogen-bond acceptors (Lipinski definition) is 3. The Balaban J connectivity index is 1.77. The van der Waals surface area contributed by atoms with Crippen LogP contribution in [-0.2, 0) is 13.1 Å². The molecular formula is C15H16F3NOS. The average molecular weight is 315 g/mol. The fraction of sp³-hybridized carbons (Fsp3) is 0.333. The first-order valence-electron chi connectivity index (χ1n) is 6.47. The highest BCUT2D eigenvalue weighted by Crippen LogP contribution is 2.19. The van der Waals surface area contributed by atoms with E-state index in [-0.39, 0.29) is 5.75 Å². The SMILES string of the molecule is Cc1ccc(CNCc2ccc(OCC(F)(F)F)cc2)s1. The third-order valence-corrected chi connectivity index (χ3v) is 3.75.